The fourth-order valence-corrected chi connectivity index (χ4v) is 5.81. The van der Waals surface area contributed by atoms with Gasteiger partial charge in [0.1, 0.15) is 23.6 Å². The minimum atomic E-state index is -9.86. The summed E-state index contributed by atoms with van der Waals surface area (Å²) in [6, 6.07) is 9.39. The number of aryl methyl sites for hydroxylation is 1. The number of rotatable bonds is 9. The molecule has 0 spiro atoms. The highest BCUT2D eigenvalue weighted by Gasteiger charge is 2.65. The number of urea groups is 1. The van der Waals surface area contributed by atoms with Crippen molar-refractivity contribution in [1.82, 2.24) is 14.8 Å². The Morgan fingerprint density at radius 2 is 1.79 bits per heavy atom. The predicted octanol–water partition coefficient (Wildman–Crippen LogP) is 8.49. The number of ether oxygens (including phenoxy) is 1. The molecule has 0 unspecified atom stereocenters. The number of carbonyl (C=O) groups is 2. The number of amides is 3. The molecule has 9 nitrogen and oxygen atoms in total. The number of benzene rings is 3. The molecule has 1 aliphatic heterocycles. The number of halogens is 8. The van der Waals surface area contributed by atoms with Gasteiger partial charge in [0.25, 0.3) is 6.43 Å². The first-order valence-electron chi connectivity index (χ1n) is 13.2. The van der Waals surface area contributed by atoms with E-state index in [1.807, 2.05) is 0 Å². The molecule has 0 saturated carbocycles. The van der Waals surface area contributed by atoms with E-state index in [0.717, 1.165) is 51.4 Å². The zero-order valence-electron chi connectivity index (χ0n) is 23.9. The molecule has 47 heavy (non-hydrogen) atoms. The van der Waals surface area contributed by atoms with E-state index in [1.165, 1.54) is 12.1 Å². The van der Waals surface area contributed by atoms with Crippen LogP contribution in [0.3, 0.4) is 0 Å². The first-order chi connectivity index (χ1) is 21.9. The van der Waals surface area contributed by atoms with E-state index < -0.39 is 45.9 Å². The van der Waals surface area contributed by atoms with Crippen molar-refractivity contribution in [2.45, 2.75) is 24.9 Å². The standard InChI is InChI=1S/C28H22F8N6O3S2/c1-16-2-3-18(12-45-13-24(30)31)23(10-16)42-25(43)14-46-28(42)39-27(44)38-22-9-4-17(11-21(22)29)26-37-15-41(40-26)19-5-7-20(8-6-19)47(32,33,34,35)36/h2-11,15,24H,12-14H2,1H3,(H,38,44)/b39-28-. The molecular weight excluding hydrogens is 684 g/mol. The molecule has 1 aromatic heterocycles. The monoisotopic (exact) mass is 706 g/mol. The summed E-state index contributed by atoms with van der Waals surface area (Å²) in [6.45, 7) is 0.699. The highest BCUT2D eigenvalue weighted by atomic mass is 32.5. The lowest BCUT2D eigenvalue weighted by molar-refractivity contribution is -0.115. The van der Waals surface area contributed by atoms with Crippen molar-refractivity contribution in [3.8, 4) is 17.1 Å². The largest absolute Gasteiger partial charge is 0.371 e. The summed E-state index contributed by atoms with van der Waals surface area (Å²) >= 11 is 0.942. The lowest BCUT2D eigenvalue weighted by atomic mass is 10.1. The number of hydrogen-bond acceptors (Lipinski definition) is 6. The summed E-state index contributed by atoms with van der Waals surface area (Å²) in [5, 5.41) is 6.29. The van der Waals surface area contributed by atoms with Crippen LogP contribution in [0.5, 0.6) is 0 Å². The summed E-state index contributed by atoms with van der Waals surface area (Å²) < 4.78 is 111. The van der Waals surface area contributed by atoms with Crippen molar-refractivity contribution in [2.75, 3.05) is 22.6 Å². The van der Waals surface area contributed by atoms with Crippen molar-refractivity contribution in [1.29, 1.82) is 0 Å². The lowest BCUT2D eigenvalue weighted by Gasteiger charge is -2.40. The number of thioether (sulfide) groups is 1. The normalized spacial score (nSPS) is 16.1. The van der Waals surface area contributed by atoms with E-state index in [4.69, 9.17) is 4.74 Å². The first kappa shape index (κ1) is 33.9. The Bertz CT molecular complexity index is 1890. The van der Waals surface area contributed by atoms with E-state index in [1.54, 1.807) is 25.1 Å². The second kappa shape index (κ2) is 11.9. The Labute approximate surface area is 265 Å². The number of nitrogens with one attached hydrogen (secondary N) is 1. The second-order valence-corrected chi connectivity index (χ2v) is 13.4. The van der Waals surface area contributed by atoms with Gasteiger partial charge in [-0.2, -0.15) is 4.99 Å². The molecule has 4 aromatic rings. The van der Waals surface area contributed by atoms with Gasteiger partial charge in [0.05, 0.1) is 29.4 Å². The van der Waals surface area contributed by atoms with E-state index in [-0.39, 0.29) is 52.4 Å². The molecule has 0 atom stereocenters. The SMILES string of the molecule is Cc1ccc(COCC(F)F)c(N2C(=O)CS/C2=N\C(=O)Nc2ccc(-c3ncn(-c4ccc(S(F)(F)(F)(F)F)cc4)n3)cc2F)c1. The summed E-state index contributed by atoms with van der Waals surface area (Å²) in [5.41, 5.74) is 1.22. The Balaban J connectivity index is 1.31. The zero-order valence-corrected chi connectivity index (χ0v) is 25.5. The van der Waals surface area contributed by atoms with Gasteiger partial charge in [-0.15, -0.1) is 5.10 Å². The maximum atomic E-state index is 15.0. The zero-order chi connectivity index (χ0) is 34.2. The van der Waals surface area contributed by atoms with Crippen molar-refractivity contribution in [3.63, 3.8) is 0 Å². The second-order valence-electron chi connectivity index (χ2n) is 10.1. The van der Waals surface area contributed by atoms with Crippen molar-refractivity contribution >= 4 is 50.5 Å². The Hall–Kier alpha value is -4.49. The molecule has 0 aliphatic carbocycles. The van der Waals surface area contributed by atoms with Crippen LogP contribution < -0.4 is 10.2 Å². The quantitative estimate of drug-likeness (QED) is 0.175. The molecule has 0 radical (unpaired) electrons. The van der Waals surface area contributed by atoms with E-state index in [9.17, 15) is 37.8 Å². The minimum absolute atomic E-state index is 0.0198. The number of hydrogen-bond donors (Lipinski definition) is 1. The van der Waals surface area contributed by atoms with Gasteiger partial charge in [0, 0.05) is 11.1 Å². The topological polar surface area (TPSA) is 102 Å². The van der Waals surface area contributed by atoms with Crippen molar-refractivity contribution in [2.24, 2.45) is 4.99 Å². The number of aliphatic imine (C=N–C) groups is 1. The van der Waals surface area contributed by atoms with Crippen LogP contribution >= 0.6 is 22.0 Å². The maximum Gasteiger partial charge on any atom is 0.347 e. The summed E-state index contributed by atoms with van der Waals surface area (Å²) in [5.74, 6) is -1.50. The van der Waals surface area contributed by atoms with Gasteiger partial charge >= 0.3 is 16.3 Å². The molecule has 1 fully saturated rings. The molecule has 1 N–H and O–H groups in total. The molecule has 5 rings (SSSR count). The van der Waals surface area contributed by atoms with Crippen LogP contribution in [0.4, 0.5) is 48.8 Å². The summed E-state index contributed by atoms with van der Waals surface area (Å²) in [6.07, 6.45) is -1.60. The fraction of sp³-hybridized carbons (Fsp3) is 0.179. The summed E-state index contributed by atoms with van der Waals surface area (Å²) in [7, 11) is -9.86. The van der Waals surface area contributed by atoms with Crippen LogP contribution in [0.2, 0.25) is 0 Å². The third-order valence-corrected chi connectivity index (χ3v) is 8.54. The Morgan fingerprint density at radius 3 is 2.45 bits per heavy atom. The number of alkyl halides is 2. The Morgan fingerprint density at radius 1 is 1.06 bits per heavy atom. The van der Waals surface area contributed by atoms with Gasteiger partial charge in [-0.1, -0.05) is 43.3 Å². The van der Waals surface area contributed by atoms with Gasteiger partial charge < -0.3 is 10.1 Å². The lowest BCUT2D eigenvalue weighted by Crippen LogP contribution is -2.31. The molecule has 2 heterocycles. The maximum absolute atomic E-state index is 15.0. The predicted molar refractivity (Wildman–Crippen MR) is 161 cm³/mol. The molecule has 0 bridgehead atoms. The number of nitrogens with zero attached hydrogens (tertiary/aromatic N) is 5. The fourth-order valence-electron chi connectivity index (χ4n) is 4.31. The molecule has 19 heteroatoms. The third-order valence-electron chi connectivity index (χ3n) is 6.45. The molecule has 1 saturated heterocycles. The van der Waals surface area contributed by atoms with Crippen molar-refractivity contribution in [3.05, 3.63) is 83.9 Å². The molecule has 250 valence electrons. The number of anilines is 2. The van der Waals surface area contributed by atoms with Crippen molar-refractivity contribution < 1.29 is 46.9 Å². The van der Waals surface area contributed by atoms with Crippen LogP contribution in [0.15, 0.2) is 76.9 Å². The first-order valence-corrected chi connectivity index (χ1v) is 16.2. The summed E-state index contributed by atoms with van der Waals surface area (Å²) in [4.78, 5) is 32.5. The number of amidine groups is 1. The van der Waals surface area contributed by atoms with Crippen LogP contribution in [0.25, 0.3) is 17.1 Å². The van der Waals surface area contributed by atoms with Gasteiger partial charge in [0.15, 0.2) is 11.0 Å². The van der Waals surface area contributed by atoms with Crippen LogP contribution in [-0.4, -0.2) is 50.7 Å². The smallest absolute Gasteiger partial charge is 0.347 e. The van der Waals surface area contributed by atoms with Gasteiger partial charge in [-0.3, -0.25) is 9.69 Å². The number of carbonyl (C=O) groups excluding carboxylic acids is 2. The average molecular weight is 707 g/mol. The van der Waals surface area contributed by atoms with Gasteiger partial charge in [-0.05, 0) is 61.0 Å². The molecule has 3 aromatic carbocycles. The average Bonchev–Trinajstić information content (AvgIpc) is 3.61. The highest BCUT2D eigenvalue weighted by molar-refractivity contribution is 8.45. The molecule has 1 aliphatic rings. The molecular formula is C28H22F8N6O3S2. The van der Waals surface area contributed by atoms with E-state index in [2.05, 4.69) is 20.4 Å². The van der Waals surface area contributed by atoms with E-state index in [0.29, 0.717) is 11.3 Å². The van der Waals surface area contributed by atoms with Gasteiger partial charge in [0.2, 0.25) is 5.91 Å². The van der Waals surface area contributed by atoms with Crippen LogP contribution in [0.1, 0.15) is 11.1 Å². The van der Waals surface area contributed by atoms with Crippen LogP contribution in [-0.2, 0) is 16.1 Å². The molecule has 3 amide bonds. The van der Waals surface area contributed by atoms with E-state index >= 15 is 4.39 Å². The minimum Gasteiger partial charge on any atom is -0.371 e. The van der Waals surface area contributed by atoms with Gasteiger partial charge in [-0.25, -0.2) is 27.6 Å². The third kappa shape index (κ3) is 8.09. The number of aromatic nitrogens is 3. The van der Waals surface area contributed by atoms with Crippen LogP contribution in [0, 0.1) is 12.7 Å². The highest BCUT2D eigenvalue weighted by Crippen LogP contribution is 3.02. The Kier molecular flexibility index (Phi) is 8.61.